The number of phenols is 1. The third-order valence-electron chi connectivity index (χ3n) is 4.05. The lowest BCUT2D eigenvalue weighted by molar-refractivity contribution is 0.419. The van der Waals surface area contributed by atoms with Gasteiger partial charge in [-0.1, -0.05) is 12.1 Å². The molecule has 0 fully saturated rings. The molecule has 2 N–H and O–H groups in total. The van der Waals surface area contributed by atoms with Crippen LogP contribution in [0.2, 0.25) is 0 Å². The molecule has 0 aliphatic rings. The van der Waals surface area contributed by atoms with E-state index in [0.717, 1.165) is 39.0 Å². The zero-order chi connectivity index (χ0) is 15.1. The molecule has 0 saturated carbocycles. The van der Waals surface area contributed by atoms with Crippen LogP contribution in [-0.2, 0) is 0 Å². The quantitative estimate of drug-likeness (QED) is 0.727. The van der Waals surface area contributed by atoms with E-state index in [1.165, 1.54) is 5.56 Å². The molecule has 1 aromatic heterocycles. The summed E-state index contributed by atoms with van der Waals surface area (Å²) in [5, 5.41) is 11.1. The molecule has 0 aliphatic carbocycles. The Kier molecular flexibility index (Phi) is 3.13. The first-order chi connectivity index (χ1) is 10.0. The van der Waals surface area contributed by atoms with Gasteiger partial charge < -0.3 is 14.8 Å². The number of para-hydroxylation sites is 1. The van der Waals surface area contributed by atoms with Crippen molar-refractivity contribution in [3.05, 3.63) is 47.0 Å². The number of hydrogen-bond donors (Lipinski definition) is 2. The summed E-state index contributed by atoms with van der Waals surface area (Å²) in [5.74, 6) is 1.21. The van der Waals surface area contributed by atoms with Crippen molar-refractivity contribution in [2.75, 3.05) is 7.11 Å². The molecule has 3 aromatic rings. The van der Waals surface area contributed by atoms with Crippen LogP contribution < -0.4 is 4.74 Å². The number of aromatic nitrogens is 1. The Morgan fingerprint density at radius 3 is 2.33 bits per heavy atom. The van der Waals surface area contributed by atoms with Gasteiger partial charge in [-0.15, -0.1) is 0 Å². The lowest BCUT2D eigenvalue weighted by Crippen LogP contribution is -1.87. The van der Waals surface area contributed by atoms with Crippen LogP contribution in [0.1, 0.15) is 16.7 Å². The smallest absolute Gasteiger partial charge is 0.142 e. The lowest BCUT2D eigenvalue weighted by atomic mass is 10.0. The van der Waals surface area contributed by atoms with E-state index >= 15 is 0 Å². The largest absolute Gasteiger partial charge is 0.507 e. The first kappa shape index (κ1) is 13.6. The van der Waals surface area contributed by atoms with E-state index in [0.29, 0.717) is 5.75 Å². The second-order valence-corrected chi connectivity index (χ2v) is 5.47. The summed E-state index contributed by atoms with van der Waals surface area (Å²) in [6.45, 7) is 5.94. The normalized spacial score (nSPS) is 11.0. The summed E-state index contributed by atoms with van der Waals surface area (Å²) in [6, 6.07) is 10.1. The predicted octanol–water partition coefficient (Wildman–Crippen LogP) is 4.47. The van der Waals surface area contributed by atoms with Crippen molar-refractivity contribution in [1.29, 1.82) is 0 Å². The summed E-state index contributed by atoms with van der Waals surface area (Å²) in [5.41, 5.74) is 6.12. The van der Waals surface area contributed by atoms with Gasteiger partial charge in [-0.2, -0.15) is 0 Å². The van der Waals surface area contributed by atoms with Gasteiger partial charge in [-0.05, 0) is 61.2 Å². The van der Waals surface area contributed by atoms with Crippen LogP contribution in [0.5, 0.6) is 11.5 Å². The van der Waals surface area contributed by atoms with Crippen molar-refractivity contribution in [2.45, 2.75) is 20.8 Å². The van der Waals surface area contributed by atoms with Gasteiger partial charge in [0, 0.05) is 11.1 Å². The molecule has 0 atom stereocenters. The number of phenolic OH excluding ortho intramolecular Hbond substituents is 1. The Hall–Kier alpha value is -2.42. The molecule has 0 spiro atoms. The highest BCUT2D eigenvalue weighted by Crippen LogP contribution is 2.36. The average Bonchev–Trinajstić information content (AvgIpc) is 2.81. The number of rotatable bonds is 2. The van der Waals surface area contributed by atoms with E-state index in [2.05, 4.69) is 18.0 Å². The number of fused-ring (bicyclic) bond motifs is 1. The SMILES string of the molecule is COc1cccc2c(C)c(-c3cc(C)c(O)c(C)c3)[nH]c12. The molecule has 21 heavy (non-hydrogen) atoms. The van der Waals surface area contributed by atoms with Crippen molar-refractivity contribution < 1.29 is 9.84 Å². The molecule has 1 heterocycles. The van der Waals surface area contributed by atoms with Gasteiger partial charge in [0.25, 0.3) is 0 Å². The first-order valence-electron chi connectivity index (χ1n) is 6.98. The van der Waals surface area contributed by atoms with Crippen LogP contribution >= 0.6 is 0 Å². The van der Waals surface area contributed by atoms with Crippen LogP contribution in [0, 0.1) is 20.8 Å². The Morgan fingerprint density at radius 2 is 1.71 bits per heavy atom. The number of ether oxygens (including phenoxy) is 1. The highest BCUT2D eigenvalue weighted by Gasteiger charge is 2.14. The second-order valence-electron chi connectivity index (χ2n) is 5.47. The zero-order valence-corrected chi connectivity index (χ0v) is 12.7. The second kappa shape index (κ2) is 4.85. The molecule has 3 heteroatoms. The molecule has 108 valence electrons. The number of nitrogens with one attached hydrogen (secondary N) is 1. The highest BCUT2D eigenvalue weighted by molar-refractivity contribution is 5.94. The summed E-state index contributed by atoms with van der Waals surface area (Å²) >= 11 is 0. The van der Waals surface area contributed by atoms with E-state index in [4.69, 9.17) is 4.74 Å². The maximum absolute atomic E-state index is 9.94. The van der Waals surface area contributed by atoms with E-state index in [1.807, 2.05) is 38.1 Å². The maximum Gasteiger partial charge on any atom is 0.142 e. The number of methoxy groups -OCH3 is 1. The van der Waals surface area contributed by atoms with E-state index in [-0.39, 0.29) is 0 Å². The number of aromatic hydroxyl groups is 1. The molecule has 0 radical (unpaired) electrons. The molecule has 0 unspecified atom stereocenters. The molecule has 3 nitrogen and oxygen atoms in total. The lowest BCUT2D eigenvalue weighted by Gasteiger charge is -2.07. The van der Waals surface area contributed by atoms with Crippen molar-refractivity contribution in [1.82, 2.24) is 4.98 Å². The third-order valence-corrected chi connectivity index (χ3v) is 4.05. The van der Waals surface area contributed by atoms with Gasteiger partial charge in [0.1, 0.15) is 11.5 Å². The number of aryl methyl sites for hydroxylation is 3. The van der Waals surface area contributed by atoms with Gasteiger partial charge in [0.2, 0.25) is 0 Å². The minimum Gasteiger partial charge on any atom is -0.507 e. The summed E-state index contributed by atoms with van der Waals surface area (Å²) in [4.78, 5) is 3.47. The Morgan fingerprint density at radius 1 is 1.05 bits per heavy atom. The number of benzene rings is 2. The van der Waals surface area contributed by atoms with Crippen molar-refractivity contribution in [3.63, 3.8) is 0 Å². The first-order valence-corrected chi connectivity index (χ1v) is 6.98. The van der Waals surface area contributed by atoms with E-state index in [1.54, 1.807) is 7.11 Å². The van der Waals surface area contributed by atoms with Crippen molar-refractivity contribution >= 4 is 10.9 Å². The molecular formula is C18H19NO2. The van der Waals surface area contributed by atoms with E-state index < -0.39 is 0 Å². The number of H-pyrrole nitrogens is 1. The molecule has 0 amide bonds. The monoisotopic (exact) mass is 281 g/mol. The summed E-state index contributed by atoms with van der Waals surface area (Å²) < 4.78 is 5.43. The Balaban J connectivity index is 2.28. The summed E-state index contributed by atoms with van der Waals surface area (Å²) in [7, 11) is 1.68. The zero-order valence-electron chi connectivity index (χ0n) is 12.7. The molecule has 2 aromatic carbocycles. The fourth-order valence-electron chi connectivity index (χ4n) is 2.88. The molecule has 0 bridgehead atoms. The van der Waals surface area contributed by atoms with Crippen LogP contribution in [0.4, 0.5) is 0 Å². The van der Waals surface area contributed by atoms with Gasteiger partial charge in [0.15, 0.2) is 0 Å². The van der Waals surface area contributed by atoms with Crippen LogP contribution in [0.3, 0.4) is 0 Å². The average molecular weight is 281 g/mol. The van der Waals surface area contributed by atoms with Gasteiger partial charge in [-0.25, -0.2) is 0 Å². The number of aromatic amines is 1. The van der Waals surface area contributed by atoms with Crippen molar-refractivity contribution in [3.8, 4) is 22.8 Å². The molecule has 0 aliphatic heterocycles. The molecule has 0 saturated heterocycles. The standard InChI is InChI=1S/C18H19NO2/c1-10-8-13(9-11(2)18(10)20)16-12(3)14-6-5-7-15(21-4)17(14)19-16/h5-9,19-20H,1-4H3. The van der Waals surface area contributed by atoms with E-state index in [9.17, 15) is 5.11 Å². The third kappa shape index (κ3) is 2.05. The minimum atomic E-state index is 0.366. The van der Waals surface area contributed by atoms with Crippen LogP contribution in [0.15, 0.2) is 30.3 Å². The predicted molar refractivity (Wildman–Crippen MR) is 86.2 cm³/mol. The molecule has 3 rings (SSSR count). The summed E-state index contributed by atoms with van der Waals surface area (Å²) in [6.07, 6.45) is 0. The van der Waals surface area contributed by atoms with Gasteiger partial charge >= 0.3 is 0 Å². The maximum atomic E-state index is 9.94. The Labute approximate surface area is 124 Å². The van der Waals surface area contributed by atoms with Gasteiger partial charge in [0.05, 0.1) is 12.6 Å². The number of hydrogen-bond acceptors (Lipinski definition) is 2. The fourth-order valence-corrected chi connectivity index (χ4v) is 2.88. The van der Waals surface area contributed by atoms with Crippen LogP contribution in [0.25, 0.3) is 22.2 Å². The van der Waals surface area contributed by atoms with Crippen molar-refractivity contribution in [2.24, 2.45) is 0 Å². The minimum absolute atomic E-state index is 0.366. The highest BCUT2D eigenvalue weighted by atomic mass is 16.5. The fraction of sp³-hybridized carbons (Fsp3) is 0.222. The molecular weight excluding hydrogens is 262 g/mol. The van der Waals surface area contributed by atoms with Crippen LogP contribution in [-0.4, -0.2) is 17.2 Å². The van der Waals surface area contributed by atoms with Gasteiger partial charge in [-0.3, -0.25) is 0 Å². The topological polar surface area (TPSA) is 45.2 Å². The Bertz CT molecular complexity index is 808.